The van der Waals surface area contributed by atoms with Crippen LogP contribution in [0.15, 0.2) is 45.9 Å². The van der Waals surface area contributed by atoms with E-state index < -0.39 is 11.8 Å². The lowest BCUT2D eigenvalue weighted by molar-refractivity contribution is 0.0844. The molecule has 3 rings (SSSR count). The molecule has 0 fully saturated rings. The van der Waals surface area contributed by atoms with Crippen molar-refractivity contribution in [2.24, 2.45) is 0 Å². The number of nitrogens with one attached hydrogen (secondary N) is 2. The molecule has 2 heterocycles. The van der Waals surface area contributed by atoms with Gasteiger partial charge in [-0.2, -0.15) is 16.4 Å². The van der Waals surface area contributed by atoms with E-state index in [1.54, 1.807) is 41.1 Å². The molecule has 27 heavy (non-hydrogen) atoms. The molecule has 7 nitrogen and oxygen atoms in total. The third-order valence-corrected chi connectivity index (χ3v) is 4.81. The summed E-state index contributed by atoms with van der Waals surface area (Å²) < 4.78 is 1.33. The average molecular weight is 384 g/mol. The number of aryl methyl sites for hydroxylation is 1. The smallest absolute Gasteiger partial charge is 0.267 e. The van der Waals surface area contributed by atoms with Crippen LogP contribution < -0.4 is 16.4 Å². The molecule has 140 valence electrons. The van der Waals surface area contributed by atoms with Gasteiger partial charge in [-0.05, 0) is 23.9 Å². The van der Waals surface area contributed by atoms with Gasteiger partial charge < -0.3 is 0 Å². The fraction of sp³-hybridized carbons (Fsp3) is 0.263. The van der Waals surface area contributed by atoms with E-state index in [4.69, 9.17) is 0 Å². The highest BCUT2D eigenvalue weighted by molar-refractivity contribution is 7.08. The highest BCUT2D eigenvalue weighted by atomic mass is 32.1. The van der Waals surface area contributed by atoms with Crippen molar-refractivity contribution in [3.8, 4) is 0 Å². The van der Waals surface area contributed by atoms with Crippen LogP contribution in [-0.4, -0.2) is 21.6 Å². The first-order valence-electron chi connectivity index (χ1n) is 8.74. The summed E-state index contributed by atoms with van der Waals surface area (Å²) in [4.78, 5) is 37.3. The van der Waals surface area contributed by atoms with E-state index in [9.17, 15) is 14.4 Å². The summed E-state index contributed by atoms with van der Waals surface area (Å²) in [6.45, 7) is 2.52. The quantitative estimate of drug-likeness (QED) is 0.505. The van der Waals surface area contributed by atoms with Crippen LogP contribution in [0, 0.1) is 0 Å². The maximum Gasteiger partial charge on any atom is 0.290 e. The largest absolute Gasteiger partial charge is 0.290 e. The van der Waals surface area contributed by atoms with E-state index in [1.807, 2.05) is 0 Å². The topological polar surface area (TPSA) is 93.1 Å². The van der Waals surface area contributed by atoms with E-state index >= 15 is 0 Å². The zero-order valence-electron chi connectivity index (χ0n) is 14.9. The van der Waals surface area contributed by atoms with Crippen LogP contribution in [-0.2, 0) is 6.54 Å². The predicted octanol–water partition coefficient (Wildman–Crippen LogP) is 2.72. The van der Waals surface area contributed by atoms with Gasteiger partial charge in [-0.1, -0.05) is 38.0 Å². The highest BCUT2D eigenvalue weighted by Gasteiger charge is 2.17. The molecule has 2 N–H and O–H groups in total. The molecule has 0 aliphatic rings. The summed E-state index contributed by atoms with van der Waals surface area (Å²) in [6, 6.07) is 8.51. The Labute approximate surface area is 160 Å². The van der Waals surface area contributed by atoms with Crippen LogP contribution in [0.1, 0.15) is 47.0 Å². The first-order valence-corrected chi connectivity index (χ1v) is 9.69. The lowest BCUT2D eigenvalue weighted by Crippen LogP contribution is -2.42. The number of thiophene rings is 1. The van der Waals surface area contributed by atoms with Gasteiger partial charge in [0.2, 0.25) is 0 Å². The fourth-order valence-corrected chi connectivity index (χ4v) is 3.34. The van der Waals surface area contributed by atoms with Gasteiger partial charge in [-0.3, -0.25) is 25.2 Å². The predicted molar refractivity (Wildman–Crippen MR) is 105 cm³/mol. The minimum absolute atomic E-state index is 0.104. The number of rotatable bonds is 6. The number of hydrogen-bond donors (Lipinski definition) is 2. The van der Waals surface area contributed by atoms with Crippen LogP contribution in [0.5, 0.6) is 0 Å². The summed E-state index contributed by atoms with van der Waals surface area (Å²) in [5.41, 5.74) is 5.10. The second-order valence-electron chi connectivity index (χ2n) is 6.05. The van der Waals surface area contributed by atoms with Crippen molar-refractivity contribution in [2.75, 3.05) is 0 Å². The molecule has 3 aromatic rings. The second kappa shape index (κ2) is 8.59. The van der Waals surface area contributed by atoms with E-state index in [0.717, 1.165) is 19.3 Å². The number of carbonyl (C=O) groups is 2. The van der Waals surface area contributed by atoms with Crippen molar-refractivity contribution in [2.45, 2.75) is 32.7 Å². The molecule has 0 aliphatic heterocycles. The number of carbonyl (C=O) groups excluding carboxylic acids is 2. The number of nitrogens with zero attached hydrogens (tertiary/aromatic N) is 2. The summed E-state index contributed by atoms with van der Waals surface area (Å²) in [6.07, 6.45) is 2.79. The van der Waals surface area contributed by atoms with E-state index in [-0.39, 0.29) is 11.3 Å². The van der Waals surface area contributed by atoms with Crippen molar-refractivity contribution in [1.82, 2.24) is 20.6 Å². The Bertz CT molecular complexity index is 1010. The minimum Gasteiger partial charge on any atom is -0.267 e. The molecule has 0 saturated heterocycles. The zero-order chi connectivity index (χ0) is 19.2. The number of benzene rings is 1. The monoisotopic (exact) mass is 384 g/mol. The lowest BCUT2D eigenvalue weighted by Gasteiger charge is -2.11. The van der Waals surface area contributed by atoms with Crippen LogP contribution in [0.4, 0.5) is 0 Å². The molecule has 2 amide bonds. The summed E-state index contributed by atoms with van der Waals surface area (Å²) >= 11 is 1.39. The highest BCUT2D eigenvalue weighted by Crippen LogP contribution is 2.13. The van der Waals surface area contributed by atoms with E-state index in [1.165, 1.54) is 16.0 Å². The number of fused-ring (bicyclic) bond motifs is 1. The Morgan fingerprint density at radius 2 is 1.81 bits per heavy atom. The van der Waals surface area contributed by atoms with Crippen molar-refractivity contribution >= 4 is 33.9 Å². The van der Waals surface area contributed by atoms with Crippen LogP contribution >= 0.6 is 11.3 Å². The standard InChI is InChI=1S/C19H20N4O3S/c1-2-3-6-10-23-19(26)15-8-5-4-7-14(15)16(22-23)18(25)21-20-17(24)13-9-11-27-12-13/h4-5,7-9,11-12H,2-3,6,10H2,1H3,(H,20,24)(H,21,25). The van der Waals surface area contributed by atoms with Crippen molar-refractivity contribution < 1.29 is 9.59 Å². The maximum absolute atomic E-state index is 12.6. The summed E-state index contributed by atoms with van der Waals surface area (Å²) in [5.74, 6) is -0.982. The second-order valence-corrected chi connectivity index (χ2v) is 6.83. The molecule has 0 spiro atoms. The number of amides is 2. The first-order chi connectivity index (χ1) is 13.1. The van der Waals surface area contributed by atoms with Crippen molar-refractivity contribution in [3.05, 3.63) is 62.7 Å². The lowest BCUT2D eigenvalue weighted by atomic mass is 10.1. The van der Waals surface area contributed by atoms with Crippen LogP contribution in [0.3, 0.4) is 0 Å². The molecule has 0 saturated carbocycles. The van der Waals surface area contributed by atoms with Crippen LogP contribution in [0.25, 0.3) is 10.8 Å². The third-order valence-electron chi connectivity index (χ3n) is 4.13. The molecule has 0 atom stereocenters. The molecular weight excluding hydrogens is 364 g/mol. The molecule has 8 heteroatoms. The molecule has 0 aliphatic carbocycles. The Morgan fingerprint density at radius 3 is 2.52 bits per heavy atom. The van der Waals surface area contributed by atoms with Gasteiger partial charge in [-0.15, -0.1) is 0 Å². The third kappa shape index (κ3) is 4.22. The SMILES string of the molecule is CCCCCn1nc(C(=O)NNC(=O)c2ccsc2)c2ccccc2c1=O. The molecule has 2 aromatic heterocycles. The van der Waals surface area contributed by atoms with Gasteiger partial charge >= 0.3 is 0 Å². The van der Waals surface area contributed by atoms with E-state index in [0.29, 0.717) is 22.9 Å². The van der Waals surface area contributed by atoms with Gasteiger partial charge in [0, 0.05) is 17.3 Å². The van der Waals surface area contributed by atoms with Crippen molar-refractivity contribution in [3.63, 3.8) is 0 Å². The Hall–Kier alpha value is -3.00. The summed E-state index contributed by atoms with van der Waals surface area (Å²) in [5, 5.41) is 8.60. The Balaban J connectivity index is 1.87. The first kappa shape index (κ1) is 18.8. The molecule has 0 unspecified atom stereocenters. The van der Waals surface area contributed by atoms with Gasteiger partial charge in [0.25, 0.3) is 17.4 Å². The molecule has 0 bridgehead atoms. The maximum atomic E-state index is 12.6. The van der Waals surface area contributed by atoms with Gasteiger partial charge in [0.1, 0.15) is 0 Å². The number of aromatic nitrogens is 2. The van der Waals surface area contributed by atoms with Gasteiger partial charge in [-0.25, -0.2) is 4.68 Å². The number of unbranched alkanes of at least 4 members (excludes halogenated alkanes) is 2. The number of hydrogen-bond acceptors (Lipinski definition) is 5. The Morgan fingerprint density at radius 1 is 1.07 bits per heavy atom. The van der Waals surface area contributed by atoms with Crippen LogP contribution in [0.2, 0.25) is 0 Å². The van der Waals surface area contributed by atoms with Crippen molar-refractivity contribution in [1.29, 1.82) is 0 Å². The molecule has 1 aromatic carbocycles. The van der Waals surface area contributed by atoms with E-state index in [2.05, 4.69) is 22.9 Å². The molecule has 0 radical (unpaired) electrons. The fourth-order valence-electron chi connectivity index (χ4n) is 2.70. The zero-order valence-corrected chi connectivity index (χ0v) is 15.7. The number of hydrazine groups is 1. The summed E-state index contributed by atoms with van der Waals surface area (Å²) in [7, 11) is 0. The van der Waals surface area contributed by atoms with Gasteiger partial charge in [0.15, 0.2) is 5.69 Å². The normalized spacial score (nSPS) is 10.7. The molecular formula is C19H20N4O3S. The Kier molecular flexibility index (Phi) is 5.97. The average Bonchev–Trinajstić information content (AvgIpc) is 3.23. The minimum atomic E-state index is -0.570. The van der Waals surface area contributed by atoms with Gasteiger partial charge in [0.05, 0.1) is 10.9 Å².